The molecule has 2 fully saturated rings. The molecule has 2 aliphatic rings. The van der Waals surface area contributed by atoms with Crippen LogP contribution in [0.3, 0.4) is 0 Å². The van der Waals surface area contributed by atoms with Crippen molar-refractivity contribution in [1.82, 2.24) is 0 Å². The zero-order chi connectivity index (χ0) is 20.8. The van der Waals surface area contributed by atoms with Gasteiger partial charge in [-0.1, -0.05) is 6.07 Å². The van der Waals surface area contributed by atoms with Gasteiger partial charge in [-0.05, 0) is 37.3 Å². The Morgan fingerprint density at radius 3 is 2.28 bits per heavy atom. The average molecular weight is 417 g/mol. The second-order valence-corrected chi connectivity index (χ2v) is 9.09. The minimum atomic E-state index is -3.35. The Morgan fingerprint density at radius 1 is 1.07 bits per heavy atom. The maximum atomic E-state index is 13.3. The highest BCUT2D eigenvalue weighted by Gasteiger charge is 2.54. The normalized spacial score (nSPS) is 22.6. The number of urea groups is 1. The molecule has 2 saturated heterocycles. The molecule has 2 aromatic carbocycles. The van der Waals surface area contributed by atoms with Crippen molar-refractivity contribution < 1.29 is 22.9 Å². The Bertz CT molecular complexity index is 1070. The van der Waals surface area contributed by atoms with Crippen LogP contribution in [0, 0.1) is 10.1 Å². The first-order chi connectivity index (χ1) is 13.8. The predicted octanol–water partition coefficient (Wildman–Crippen LogP) is 2.61. The summed E-state index contributed by atoms with van der Waals surface area (Å²) in [5.41, 5.74) is 0.704. The van der Waals surface area contributed by atoms with Crippen molar-refractivity contribution in [3.05, 3.63) is 58.6 Å². The van der Waals surface area contributed by atoms with Crippen molar-refractivity contribution in [2.24, 2.45) is 0 Å². The number of non-ortho nitro benzene ring substituents is 1. The molecule has 2 aliphatic heterocycles. The molecule has 10 heteroatoms. The van der Waals surface area contributed by atoms with Crippen LogP contribution in [0.5, 0.6) is 5.75 Å². The van der Waals surface area contributed by atoms with Crippen LogP contribution in [-0.4, -0.2) is 49.6 Å². The Balaban J connectivity index is 1.75. The Kier molecular flexibility index (Phi) is 4.65. The van der Waals surface area contributed by atoms with Gasteiger partial charge < -0.3 is 4.74 Å². The fraction of sp³-hybridized carbons (Fsp3) is 0.316. The molecule has 2 heterocycles. The largest absolute Gasteiger partial charge is 0.494 e. The van der Waals surface area contributed by atoms with Gasteiger partial charge in [0, 0.05) is 17.8 Å². The molecule has 152 valence electrons. The van der Waals surface area contributed by atoms with Gasteiger partial charge in [-0.2, -0.15) is 0 Å². The number of carbonyl (C=O) groups excluding carboxylic acids is 1. The predicted molar refractivity (Wildman–Crippen MR) is 107 cm³/mol. The third-order valence-corrected chi connectivity index (χ3v) is 6.81. The topological polar surface area (TPSA) is 110 Å². The van der Waals surface area contributed by atoms with Crippen molar-refractivity contribution in [3.8, 4) is 5.75 Å². The van der Waals surface area contributed by atoms with E-state index in [0.717, 1.165) is 0 Å². The second-order valence-electron chi connectivity index (χ2n) is 6.94. The fourth-order valence-corrected chi connectivity index (χ4v) is 5.85. The van der Waals surface area contributed by atoms with Crippen molar-refractivity contribution in [2.45, 2.75) is 19.0 Å². The minimum Gasteiger partial charge on any atom is -0.494 e. The van der Waals surface area contributed by atoms with Crippen LogP contribution in [0.25, 0.3) is 0 Å². The monoisotopic (exact) mass is 417 g/mol. The quantitative estimate of drug-likeness (QED) is 0.420. The van der Waals surface area contributed by atoms with Crippen LogP contribution in [0.2, 0.25) is 0 Å². The molecule has 2 atom stereocenters. The summed E-state index contributed by atoms with van der Waals surface area (Å²) in [6.45, 7) is 2.37. The van der Waals surface area contributed by atoms with Gasteiger partial charge in [-0.15, -0.1) is 0 Å². The lowest BCUT2D eigenvalue weighted by Gasteiger charge is -2.22. The molecular formula is C19H19N3O6S. The number of amides is 2. The van der Waals surface area contributed by atoms with E-state index in [4.69, 9.17) is 4.74 Å². The maximum Gasteiger partial charge on any atom is 0.329 e. The highest BCUT2D eigenvalue weighted by atomic mass is 32.2. The van der Waals surface area contributed by atoms with Crippen LogP contribution in [-0.2, 0) is 9.84 Å². The fourth-order valence-electron chi connectivity index (χ4n) is 3.93. The molecule has 4 rings (SSSR count). The molecule has 2 amide bonds. The molecular weight excluding hydrogens is 398 g/mol. The number of rotatable bonds is 5. The van der Waals surface area contributed by atoms with E-state index < -0.39 is 32.9 Å². The molecule has 0 aliphatic carbocycles. The number of sulfone groups is 1. The summed E-state index contributed by atoms with van der Waals surface area (Å²) in [5, 5.41) is 11.1. The molecule has 29 heavy (non-hydrogen) atoms. The summed E-state index contributed by atoms with van der Waals surface area (Å²) in [6.07, 6.45) is 0. The first kappa shape index (κ1) is 19.2. The van der Waals surface area contributed by atoms with Gasteiger partial charge in [0.25, 0.3) is 5.69 Å². The summed E-state index contributed by atoms with van der Waals surface area (Å²) in [4.78, 5) is 26.7. The molecule has 0 N–H and O–H groups in total. The lowest BCUT2D eigenvalue weighted by molar-refractivity contribution is -0.384. The molecule has 0 aromatic heterocycles. The lowest BCUT2D eigenvalue weighted by atomic mass is 10.1. The molecule has 0 bridgehead atoms. The van der Waals surface area contributed by atoms with Crippen LogP contribution in [0.1, 0.15) is 6.92 Å². The minimum absolute atomic E-state index is 0.151. The van der Waals surface area contributed by atoms with E-state index in [9.17, 15) is 23.3 Å². The number of hydrogen-bond donors (Lipinski definition) is 0. The van der Waals surface area contributed by atoms with Gasteiger partial charge in [0.05, 0.1) is 40.8 Å². The van der Waals surface area contributed by atoms with E-state index in [2.05, 4.69) is 0 Å². The van der Waals surface area contributed by atoms with Gasteiger partial charge in [-0.25, -0.2) is 13.2 Å². The number of anilines is 2. The van der Waals surface area contributed by atoms with Crippen molar-refractivity contribution in [1.29, 1.82) is 0 Å². The maximum absolute atomic E-state index is 13.3. The van der Waals surface area contributed by atoms with Crippen LogP contribution in [0.15, 0.2) is 48.5 Å². The number of fused-ring (bicyclic) bond motifs is 1. The van der Waals surface area contributed by atoms with Crippen molar-refractivity contribution >= 4 is 32.9 Å². The van der Waals surface area contributed by atoms with E-state index in [1.54, 1.807) is 30.3 Å². The van der Waals surface area contributed by atoms with Crippen LogP contribution in [0.4, 0.5) is 21.9 Å². The van der Waals surface area contributed by atoms with Gasteiger partial charge in [0.2, 0.25) is 0 Å². The van der Waals surface area contributed by atoms with E-state index in [0.29, 0.717) is 23.7 Å². The Hall–Kier alpha value is -3.14. The highest BCUT2D eigenvalue weighted by molar-refractivity contribution is 7.91. The van der Waals surface area contributed by atoms with Gasteiger partial charge in [0.15, 0.2) is 9.84 Å². The number of carbonyl (C=O) groups is 1. The van der Waals surface area contributed by atoms with E-state index in [-0.39, 0.29) is 17.2 Å². The molecule has 0 radical (unpaired) electrons. The highest BCUT2D eigenvalue weighted by Crippen LogP contribution is 2.39. The second kappa shape index (κ2) is 7.03. The Labute approximate surface area is 167 Å². The molecule has 2 unspecified atom stereocenters. The lowest BCUT2D eigenvalue weighted by Crippen LogP contribution is -2.37. The van der Waals surface area contributed by atoms with Crippen molar-refractivity contribution in [2.75, 3.05) is 27.9 Å². The molecule has 2 aromatic rings. The number of nitro benzene ring substituents is 1. The van der Waals surface area contributed by atoms with Gasteiger partial charge in [-0.3, -0.25) is 19.9 Å². The van der Waals surface area contributed by atoms with Crippen molar-refractivity contribution in [3.63, 3.8) is 0 Å². The zero-order valence-electron chi connectivity index (χ0n) is 15.6. The third kappa shape index (κ3) is 3.39. The number of hydrogen-bond acceptors (Lipinski definition) is 6. The SMILES string of the molecule is CCOc1ccc(N2C(=O)N(c3cccc([N+](=O)[O-])c3)C3CS(=O)(=O)CC32)cc1. The van der Waals surface area contributed by atoms with Gasteiger partial charge in [0.1, 0.15) is 5.75 Å². The van der Waals surface area contributed by atoms with E-state index >= 15 is 0 Å². The number of ether oxygens (including phenoxy) is 1. The Morgan fingerprint density at radius 2 is 1.69 bits per heavy atom. The van der Waals surface area contributed by atoms with Crippen LogP contribution < -0.4 is 14.5 Å². The number of nitro groups is 1. The van der Waals surface area contributed by atoms with Gasteiger partial charge >= 0.3 is 6.03 Å². The number of benzene rings is 2. The number of nitrogens with zero attached hydrogens (tertiary/aromatic N) is 3. The first-order valence-electron chi connectivity index (χ1n) is 9.11. The summed E-state index contributed by atoms with van der Waals surface area (Å²) >= 11 is 0. The average Bonchev–Trinajstić information content (AvgIpc) is 3.11. The summed E-state index contributed by atoms with van der Waals surface area (Å²) < 4.78 is 30.1. The van der Waals surface area contributed by atoms with E-state index in [1.807, 2.05) is 6.92 Å². The van der Waals surface area contributed by atoms with Crippen LogP contribution >= 0.6 is 0 Å². The van der Waals surface area contributed by atoms with E-state index in [1.165, 1.54) is 28.0 Å². The summed E-state index contributed by atoms with van der Waals surface area (Å²) in [5.74, 6) is 0.316. The third-order valence-electron chi connectivity index (χ3n) is 5.11. The first-order valence-corrected chi connectivity index (χ1v) is 10.9. The smallest absolute Gasteiger partial charge is 0.329 e. The molecule has 0 spiro atoms. The molecule has 9 nitrogen and oxygen atoms in total. The summed E-state index contributed by atoms with van der Waals surface area (Å²) in [6, 6.07) is 11.0. The summed E-state index contributed by atoms with van der Waals surface area (Å²) in [7, 11) is -3.35. The molecule has 0 saturated carbocycles. The standard InChI is InChI=1S/C19H19N3O6S/c1-2-28-16-8-6-13(7-9-16)20-17-11-29(26,27)12-18(17)21(19(20)23)14-4-3-5-15(10-14)22(24)25/h3-10,17-18H,2,11-12H2,1H3. The zero-order valence-corrected chi connectivity index (χ0v) is 16.4.